The Bertz CT molecular complexity index is 1420. The summed E-state index contributed by atoms with van der Waals surface area (Å²) in [4.78, 5) is 9.58. The first-order valence-electron chi connectivity index (χ1n) is 11.5. The molecule has 0 unspecified atom stereocenters. The number of hydrogen-bond acceptors (Lipinski definition) is 6. The fourth-order valence-electron chi connectivity index (χ4n) is 4.81. The highest BCUT2D eigenvalue weighted by Gasteiger charge is 2.27. The van der Waals surface area contributed by atoms with Crippen LogP contribution in [-0.4, -0.2) is 51.3 Å². The number of pyridine rings is 1. The van der Waals surface area contributed by atoms with Crippen molar-refractivity contribution in [3.8, 4) is 0 Å². The zero-order valence-electron chi connectivity index (χ0n) is 18.9. The van der Waals surface area contributed by atoms with Crippen LogP contribution in [0, 0.1) is 0 Å². The summed E-state index contributed by atoms with van der Waals surface area (Å²) in [7, 11) is -3.79. The summed E-state index contributed by atoms with van der Waals surface area (Å²) in [5.74, 6) is 0.883. The molecule has 0 atom stereocenters. The average Bonchev–Trinajstić information content (AvgIpc) is 3.45. The number of benzene rings is 1. The molecule has 0 bridgehead atoms. The molecule has 5 rings (SSSR count). The number of nitrogens with zero attached hydrogens (tertiary/aromatic N) is 4. The smallest absolute Gasteiger partial charge is 0.269 e. The number of aliphatic hydroxyl groups excluding tert-OH is 1. The summed E-state index contributed by atoms with van der Waals surface area (Å²) >= 11 is 0. The van der Waals surface area contributed by atoms with Crippen LogP contribution < -0.4 is 0 Å². The third-order valence-electron chi connectivity index (χ3n) is 6.44. The first kappa shape index (κ1) is 22.8. The monoisotopic (exact) mass is 480 g/mol. The minimum atomic E-state index is -3.79. The lowest BCUT2D eigenvalue weighted by Gasteiger charge is -2.28. The molecule has 1 aromatic carbocycles. The Hall–Kier alpha value is -3.01. The first-order valence-corrected chi connectivity index (χ1v) is 13.0. The molecule has 3 heterocycles. The van der Waals surface area contributed by atoms with E-state index in [1.165, 1.54) is 3.97 Å². The highest BCUT2D eigenvalue weighted by Crippen LogP contribution is 2.36. The van der Waals surface area contributed by atoms with Crippen molar-refractivity contribution >= 4 is 32.1 Å². The molecule has 34 heavy (non-hydrogen) atoms. The number of rotatable bonds is 8. The first-order chi connectivity index (χ1) is 16.5. The van der Waals surface area contributed by atoms with Gasteiger partial charge in [-0.1, -0.05) is 24.3 Å². The fourth-order valence-corrected chi connectivity index (χ4v) is 6.13. The quantitative estimate of drug-likeness (QED) is 0.304. The van der Waals surface area contributed by atoms with E-state index in [2.05, 4.69) is 16.1 Å². The third-order valence-corrected chi connectivity index (χ3v) is 8.12. The molecule has 9 heteroatoms. The number of aromatic nitrogens is 4. The SMILES string of the molecule is C=CCOCCc1nc2cnc3c(ccn3S(=O)(=O)c3ccccc3)c2n1C1CCC(O)CC1. The summed E-state index contributed by atoms with van der Waals surface area (Å²) < 4.78 is 35.7. The van der Waals surface area contributed by atoms with Gasteiger partial charge in [0.1, 0.15) is 11.3 Å². The molecule has 3 aromatic heterocycles. The Labute approximate surface area is 198 Å². The van der Waals surface area contributed by atoms with Gasteiger partial charge in [-0.3, -0.25) is 0 Å². The van der Waals surface area contributed by atoms with Gasteiger partial charge in [0.25, 0.3) is 10.0 Å². The molecule has 0 radical (unpaired) electrons. The largest absolute Gasteiger partial charge is 0.393 e. The molecule has 0 amide bonds. The van der Waals surface area contributed by atoms with Gasteiger partial charge in [-0.2, -0.15) is 0 Å². The van der Waals surface area contributed by atoms with E-state index >= 15 is 0 Å². The van der Waals surface area contributed by atoms with Gasteiger partial charge in [-0.05, 0) is 43.9 Å². The number of hydrogen-bond donors (Lipinski definition) is 1. The average molecular weight is 481 g/mol. The zero-order chi connectivity index (χ0) is 23.7. The second-order valence-electron chi connectivity index (χ2n) is 8.63. The summed E-state index contributed by atoms with van der Waals surface area (Å²) in [6.45, 7) is 4.67. The van der Waals surface area contributed by atoms with Gasteiger partial charge in [-0.15, -0.1) is 6.58 Å². The summed E-state index contributed by atoms with van der Waals surface area (Å²) in [6, 6.07) is 10.3. The van der Waals surface area contributed by atoms with Gasteiger partial charge in [0, 0.05) is 24.0 Å². The maximum absolute atomic E-state index is 13.3. The highest BCUT2D eigenvalue weighted by atomic mass is 32.2. The summed E-state index contributed by atoms with van der Waals surface area (Å²) in [5, 5.41) is 10.8. The van der Waals surface area contributed by atoms with Crippen molar-refractivity contribution in [3.05, 3.63) is 67.3 Å². The van der Waals surface area contributed by atoms with Gasteiger partial charge in [-0.25, -0.2) is 22.4 Å². The number of imidazole rings is 1. The molecular weight excluding hydrogens is 452 g/mol. The van der Waals surface area contributed by atoms with Crippen molar-refractivity contribution in [2.75, 3.05) is 13.2 Å². The predicted octanol–water partition coefficient (Wildman–Crippen LogP) is 3.84. The Balaban J connectivity index is 1.65. The molecule has 0 aliphatic heterocycles. The molecule has 8 nitrogen and oxygen atoms in total. The van der Waals surface area contributed by atoms with Crippen LogP contribution in [0.1, 0.15) is 37.5 Å². The topological polar surface area (TPSA) is 99.2 Å². The molecule has 0 saturated heterocycles. The number of ether oxygens (including phenoxy) is 1. The Kier molecular flexibility index (Phi) is 6.24. The van der Waals surface area contributed by atoms with Gasteiger partial charge >= 0.3 is 0 Å². The molecule has 4 aromatic rings. The molecule has 1 saturated carbocycles. The van der Waals surface area contributed by atoms with Crippen molar-refractivity contribution < 1.29 is 18.3 Å². The summed E-state index contributed by atoms with van der Waals surface area (Å²) in [5.41, 5.74) is 1.99. The Morgan fingerprint density at radius 3 is 2.65 bits per heavy atom. The third kappa shape index (κ3) is 4.04. The van der Waals surface area contributed by atoms with E-state index in [1.807, 2.05) is 0 Å². The predicted molar refractivity (Wildman–Crippen MR) is 130 cm³/mol. The van der Waals surface area contributed by atoms with Crippen LogP contribution in [0.2, 0.25) is 0 Å². The van der Waals surface area contributed by atoms with Crippen molar-refractivity contribution in [1.82, 2.24) is 18.5 Å². The van der Waals surface area contributed by atoms with E-state index in [1.54, 1.807) is 54.9 Å². The molecule has 0 spiro atoms. The van der Waals surface area contributed by atoms with E-state index in [4.69, 9.17) is 9.72 Å². The van der Waals surface area contributed by atoms with Crippen molar-refractivity contribution in [2.45, 2.75) is 49.1 Å². The minimum Gasteiger partial charge on any atom is -0.393 e. The second kappa shape index (κ2) is 9.32. The van der Waals surface area contributed by atoms with E-state index in [-0.39, 0.29) is 17.0 Å². The van der Waals surface area contributed by atoms with E-state index in [9.17, 15) is 13.5 Å². The van der Waals surface area contributed by atoms with Crippen LogP contribution >= 0.6 is 0 Å². The van der Waals surface area contributed by atoms with Gasteiger partial charge < -0.3 is 14.4 Å². The summed E-state index contributed by atoms with van der Waals surface area (Å²) in [6.07, 6.45) is 8.40. The van der Waals surface area contributed by atoms with Crippen molar-refractivity contribution in [3.63, 3.8) is 0 Å². The minimum absolute atomic E-state index is 0.169. The maximum Gasteiger partial charge on any atom is 0.269 e. The van der Waals surface area contributed by atoms with Crippen LogP contribution in [0.5, 0.6) is 0 Å². The highest BCUT2D eigenvalue weighted by molar-refractivity contribution is 7.90. The van der Waals surface area contributed by atoms with Crippen molar-refractivity contribution in [2.24, 2.45) is 0 Å². The van der Waals surface area contributed by atoms with Gasteiger partial charge in [0.15, 0.2) is 5.65 Å². The van der Waals surface area contributed by atoms with Crippen LogP contribution in [0.15, 0.2) is 66.3 Å². The van der Waals surface area contributed by atoms with E-state index in [0.29, 0.717) is 25.3 Å². The Morgan fingerprint density at radius 2 is 1.91 bits per heavy atom. The second-order valence-corrected chi connectivity index (χ2v) is 10.4. The van der Waals surface area contributed by atoms with Crippen LogP contribution in [0.3, 0.4) is 0 Å². The normalized spacial score (nSPS) is 19.1. The molecule has 1 aliphatic carbocycles. The Morgan fingerprint density at radius 1 is 1.15 bits per heavy atom. The van der Waals surface area contributed by atoms with Crippen LogP contribution in [0.25, 0.3) is 22.1 Å². The van der Waals surface area contributed by atoms with Gasteiger partial charge in [0.05, 0.1) is 35.9 Å². The maximum atomic E-state index is 13.3. The molecule has 1 fully saturated rings. The lowest BCUT2D eigenvalue weighted by atomic mass is 9.92. The van der Waals surface area contributed by atoms with Crippen molar-refractivity contribution in [1.29, 1.82) is 0 Å². The van der Waals surface area contributed by atoms with E-state index in [0.717, 1.165) is 47.9 Å². The van der Waals surface area contributed by atoms with Gasteiger partial charge in [0.2, 0.25) is 0 Å². The lowest BCUT2D eigenvalue weighted by molar-refractivity contribution is 0.110. The molecule has 1 N–H and O–H groups in total. The van der Waals surface area contributed by atoms with Crippen LogP contribution in [0.4, 0.5) is 0 Å². The zero-order valence-corrected chi connectivity index (χ0v) is 19.7. The molecule has 1 aliphatic rings. The van der Waals surface area contributed by atoms with Crippen LogP contribution in [-0.2, 0) is 21.2 Å². The number of fused-ring (bicyclic) bond motifs is 3. The number of aliphatic hydroxyl groups is 1. The standard InChI is InChI=1S/C25H28N4O4S/c1-2-15-33-16-13-23-27-22-17-26-25-21(24(22)29(23)18-8-10-19(30)11-9-18)12-14-28(25)34(31,32)20-6-4-3-5-7-20/h2-7,12,14,17-19,30H,1,8-11,13,15-16H2. The molecular formula is C25H28N4O4S. The fraction of sp³-hybridized carbons (Fsp3) is 0.360. The molecule has 178 valence electrons. The van der Waals surface area contributed by atoms with E-state index < -0.39 is 10.0 Å². The lowest BCUT2D eigenvalue weighted by Crippen LogP contribution is -2.23.